The van der Waals surface area contributed by atoms with E-state index in [1.54, 1.807) is 0 Å². The second-order valence-electron chi connectivity index (χ2n) is 10.1. The number of nitrogens with two attached hydrogens (primary N) is 1. The zero-order valence-electron chi connectivity index (χ0n) is 18.5. The molecule has 8 nitrogen and oxygen atoms in total. The van der Waals surface area contributed by atoms with Crippen molar-refractivity contribution in [2.45, 2.75) is 55.9 Å². The van der Waals surface area contributed by atoms with E-state index in [0.717, 1.165) is 48.6 Å². The Morgan fingerprint density at radius 1 is 1.21 bits per heavy atom. The molecule has 4 aliphatic rings. The Hall–Kier alpha value is -2.07. The number of aromatic nitrogens is 3. The fourth-order valence-corrected chi connectivity index (χ4v) is 5.48. The number of benzene rings is 1. The lowest BCUT2D eigenvalue weighted by Crippen LogP contribution is -2.53. The second kappa shape index (κ2) is 7.73. The molecule has 10 heteroatoms. The zero-order valence-corrected chi connectivity index (χ0v) is 19.2. The Balaban J connectivity index is 1.28. The zero-order chi connectivity index (χ0) is 22.8. The molecular weight excluding hydrogens is 447 g/mol. The van der Waals surface area contributed by atoms with Crippen LogP contribution in [0.1, 0.15) is 48.8 Å². The minimum Gasteiger partial charge on any atom is -0.375 e. The molecule has 33 heavy (non-hydrogen) atoms. The van der Waals surface area contributed by atoms with Gasteiger partial charge in [-0.05, 0) is 49.4 Å². The predicted molar refractivity (Wildman–Crippen MR) is 120 cm³/mol. The molecule has 1 aliphatic carbocycles. The number of hydrogen-bond donors (Lipinski definition) is 1. The van der Waals surface area contributed by atoms with E-state index in [-0.39, 0.29) is 31.6 Å². The third-order valence-electron chi connectivity index (χ3n) is 7.39. The topological polar surface area (TPSA) is 89.5 Å². The van der Waals surface area contributed by atoms with Gasteiger partial charge in [-0.25, -0.2) is 4.39 Å². The molecule has 6 rings (SSSR count). The van der Waals surface area contributed by atoms with Gasteiger partial charge in [0.25, 0.3) is 0 Å². The van der Waals surface area contributed by atoms with Gasteiger partial charge in [0.2, 0.25) is 5.91 Å². The van der Waals surface area contributed by atoms with Gasteiger partial charge in [0.15, 0.2) is 11.5 Å². The molecule has 1 aromatic carbocycles. The number of rotatable bonds is 4. The van der Waals surface area contributed by atoms with E-state index in [1.807, 2.05) is 23.1 Å². The normalized spacial score (nSPS) is 23.9. The first-order valence-corrected chi connectivity index (χ1v) is 12.0. The van der Waals surface area contributed by atoms with E-state index in [9.17, 15) is 9.18 Å². The maximum Gasteiger partial charge on any atom is 0.242 e. The maximum atomic E-state index is 14.9. The Morgan fingerprint density at radius 3 is 2.64 bits per heavy atom. The van der Waals surface area contributed by atoms with Crippen LogP contribution in [0.2, 0.25) is 5.02 Å². The fraction of sp³-hybridized carbons (Fsp3) is 0.609. The summed E-state index contributed by atoms with van der Waals surface area (Å²) in [5, 5.41) is 9.76. The van der Waals surface area contributed by atoms with Gasteiger partial charge >= 0.3 is 0 Å². The monoisotopic (exact) mass is 474 g/mol. The number of fused-ring (bicyclic) bond motifs is 3. The summed E-state index contributed by atoms with van der Waals surface area (Å²) in [6.07, 6.45) is 3.20. The first-order chi connectivity index (χ1) is 15.8. The molecule has 2 aromatic rings. The van der Waals surface area contributed by atoms with Crippen LogP contribution in [0.4, 0.5) is 4.39 Å². The van der Waals surface area contributed by atoms with Crippen molar-refractivity contribution in [3.63, 3.8) is 0 Å². The molecule has 176 valence electrons. The van der Waals surface area contributed by atoms with Crippen molar-refractivity contribution in [2.24, 2.45) is 5.73 Å². The highest BCUT2D eigenvalue weighted by Gasteiger charge is 2.48. The van der Waals surface area contributed by atoms with Gasteiger partial charge in [0, 0.05) is 37.1 Å². The van der Waals surface area contributed by atoms with Crippen molar-refractivity contribution >= 4 is 17.5 Å². The molecule has 3 fully saturated rings. The second-order valence-corrected chi connectivity index (χ2v) is 10.5. The molecular formula is C23H28ClFN6O2. The van der Waals surface area contributed by atoms with Crippen LogP contribution in [0.3, 0.4) is 0 Å². The van der Waals surface area contributed by atoms with Crippen LogP contribution in [-0.4, -0.2) is 74.5 Å². The summed E-state index contributed by atoms with van der Waals surface area (Å²) in [5.74, 6) is 1.97. The maximum absolute atomic E-state index is 14.9. The van der Waals surface area contributed by atoms with Crippen LogP contribution < -0.4 is 5.73 Å². The molecule has 1 amide bonds. The third kappa shape index (κ3) is 3.84. The largest absolute Gasteiger partial charge is 0.375 e. The van der Waals surface area contributed by atoms with E-state index in [0.29, 0.717) is 31.2 Å². The van der Waals surface area contributed by atoms with Crippen molar-refractivity contribution in [3.8, 4) is 5.69 Å². The van der Waals surface area contributed by atoms with Gasteiger partial charge in [-0.15, -0.1) is 10.2 Å². The Morgan fingerprint density at radius 2 is 1.97 bits per heavy atom. The van der Waals surface area contributed by atoms with Gasteiger partial charge in [-0.1, -0.05) is 11.6 Å². The Bertz CT molecular complexity index is 1090. The Labute approximate surface area is 196 Å². The summed E-state index contributed by atoms with van der Waals surface area (Å²) in [7, 11) is 0. The molecule has 2 N–H and O–H groups in total. The highest BCUT2D eigenvalue weighted by molar-refractivity contribution is 6.30. The van der Waals surface area contributed by atoms with Crippen molar-refractivity contribution in [2.75, 3.05) is 32.8 Å². The molecule has 1 saturated carbocycles. The molecule has 3 aliphatic heterocycles. The van der Waals surface area contributed by atoms with Crippen molar-refractivity contribution in [1.82, 2.24) is 24.6 Å². The van der Waals surface area contributed by atoms with E-state index in [2.05, 4.69) is 19.7 Å². The number of carbonyl (C=O) groups excluding carboxylic acids is 1. The van der Waals surface area contributed by atoms with Crippen LogP contribution in [0.5, 0.6) is 0 Å². The number of amides is 1. The lowest BCUT2D eigenvalue weighted by molar-refractivity contribution is -0.142. The van der Waals surface area contributed by atoms with Crippen LogP contribution in [0, 0.1) is 0 Å². The number of piperidine rings is 1. The standard InChI is InChI=1S/C23H28ClFN6O2/c24-17-1-2-18-16(9-17)10-29(12-22(25)13-33-14-22)11-19-27-28-20(31(18)19)15-3-7-30(8-4-15)21(32)23(26)5-6-23/h1-2,9,15H,3-8,10-14,26H2. The quantitative estimate of drug-likeness (QED) is 0.730. The molecule has 0 unspecified atom stereocenters. The first-order valence-electron chi connectivity index (χ1n) is 11.6. The lowest BCUT2D eigenvalue weighted by atomic mass is 9.95. The van der Waals surface area contributed by atoms with Crippen molar-refractivity contribution < 1.29 is 13.9 Å². The number of likely N-dealkylation sites (tertiary alicyclic amines) is 1. The van der Waals surface area contributed by atoms with Gasteiger partial charge in [0.1, 0.15) is 5.82 Å². The van der Waals surface area contributed by atoms with Gasteiger partial charge in [-0.3, -0.25) is 14.3 Å². The Kier molecular flexibility index (Phi) is 5.03. The number of halogens is 2. The summed E-state index contributed by atoms with van der Waals surface area (Å²) < 4.78 is 22.1. The van der Waals surface area contributed by atoms with Crippen molar-refractivity contribution in [1.29, 1.82) is 0 Å². The fourth-order valence-electron chi connectivity index (χ4n) is 5.29. The minimum absolute atomic E-state index is 0.0803. The molecule has 0 bridgehead atoms. The highest BCUT2D eigenvalue weighted by Crippen LogP contribution is 2.38. The number of carbonyl (C=O) groups is 1. The third-order valence-corrected chi connectivity index (χ3v) is 7.62. The first kappa shape index (κ1) is 21.5. The molecule has 2 saturated heterocycles. The van der Waals surface area contributed by atoms with Crippen LogP contribution in [0.15, 0.2) is 18.2 Å². The van der Waals surface area contributed by atoms with E-state index >= 15 is 0 Å². The van der Waals surface area contributed by atoms with E-state index < -0.39 is 11.2 Å². The summed E-state index contributed by atoms with van der Waals surface area (Å²) >= 11 is 6.33. The van der Waals surface area contributed by atoms with Crippen LogP contribution >= 0.6 is 11.6 Å². The summed E-state index contributed by atoms with van der Waals surface area (Å²) in [5.41, 5.74) is 6.20. The molecule has 1 aromatic heterocycles. The number of alkyl halides is 1. The van der Waals surface area contributed by atoms with E-state index in [4.69, 9.17) is 22.1 Å². The summed E-state index contributed by atoms with van der Waals surface area (Å²) in [6.45, 7) is 2.97. The number of ether oxygens (including phenoxy) is 1. The van der Waals surface area contributed by atoms with E-state index in [1.165, 1.54) is 0 Å². The number of nitrogens with zero attached hydrogens (tertiary/aromatic N) is 5. The smallest absolute Gasteiger partial charge is 0.242 e. The summed E-state index contributed by atoms with van der Waals surface area (Å²) in [6, 6.07) is 5.82. The average Bonchev–Trinajstić information content (AvgIpc) is 3.44. The van der Waals surface area contributed by atoms with Crippen LogP contribution in [-0.2, 0) is 22.6 Å². The summed E-state index contributed by atoms with van der Waals surface area (Å²) in [4.78, 5) is 16.6. The highest BCUT2D eigenvalue weighted by atomic mass is 35.5. The molecule has 0 spiro atoms. The average molecular weight is 475 g/mol. The van der Waals surface area contributed by atoms with Gasteiger partial charge in [-0.2, -0.15) is 0 Å². The minimum atomic E-state index is -1.32. The molecule has 4 heterocycles. The predicted octanol–water partition coefficient (Wildman–Crippen LogP) is 2.17. The van der Waals surface area contributed by atoms with Gasteiger partial charge < -0.3 is 15.4 Å². The molecule has 0 atom stereocenters. The SMILES string of the molecule is NC1(C(=O)N2CCC(c3nnc4n3-c3ccc(Cl)cc3CN(CC3(F)COC3)C4)CC2)CC1. The molecule has 0 radical (unpaired) electrons. The lowest BCUT2D eigenvalue weighted by Gasteiger charge is -2.37. The van der Waals surface area contributed by atoms with Crippen LogP contribution in [0.25, 0.3) is 5.69 Å². The van der Waals surface area contributed by atoms with Crippen molar-refractivity contribution in [3.05, 3.63) is 40.4 Å². The number of hydrogen-bond acceptors (Lipinski definition) is 6. The van der Waals surface area contributed by atoms with Gasteiger partial charge in [0.05, 0.1) is 31.0 Å².